The molecule has 0 spiro atoms. The molecule has 5 heteroatoms. The van der Waals surface area contributed by atoms with Gasteiger partial charge in [0.05, 0.1) is 0 Å². The summed E-state index contributed by atoms with van der Waals surface area (Å²) in [5.74, 6) is -1.43. The summed E-state index contributed by atoms with van der Waals surface area (Å²) in [4.78, 5) is 20.4. The van der Waals surface area contributed by atoms with Crippen LogP contribution in [-0.2, 0) is 26.7 Å². The van der Waals surface area contributed by atoms with Crippen molar-refractivity contribution in [1.29, 1.82) is 0 Å². The molecule has 0 radical (unpaired) electrons. The third-order valence-electron chi connectivity index (χ3n) is 2.53. The van der Waals surface area contributed by atoms with Crippen molar-refractivity contribution in [3.8, 4) is 0 Å². The zero-order valence-corrected chi connectivity index (χ0v) is 11.2. The molecule has 0 aromatic heterocycles. The van der Waals surface area contributed by atoms with E-state index in [0.29, 0.717) is 0 Å². The molecular weight excluding hydrogens is 264 g/mol. The average molecular weight is 286 g/mol. The van der Waals surface area contributed by atoms with Gasteiger partial charge in [0.25, 0.3) is 0 Å². The van der Waals surface area contributed by atoms with Crippen LogP contribution in [0.25, 0.3) is 0 Å². The van der Waals surface area contributed by atoms with Crippen LogP contribution in [0.4, 0.5) is 0 Å². The second-order valence-corrected chi connectivity index (χ2v) is 4.12. The Hall–Kier alpha value is -0.541. The first-order chi connectivity index (χ1) is 7.63. The molecule has 0 aromatic rings. The second kappa shape index (κ2) is 13.5. The van der Waals surface area contributed by atoms with Crippen LogP contribution in [0.5, 0.6) is 0 Å². The smallest absolute Gasteiger partial charge is 0.303 e. The van der Waals surface area contributed by atoms with Crippen LogP contribution in [-0.4, -0.2) is 22.2 Å². The van der Waals surface area contributed by atoms with E-state index in [4.69, 9.17) is 10.2 Å². The number of hydrogen-bond acceptors (Lipinski definition) is 2. The van der Waals surface area contributed by atoms with Gasteiger partial charge in [-0.2, -0.15) is 0 Å². The summed E-state index contributed by atoms with van der Waals surface area (Å²) >= 11 is 0. The van der Waals surface area contributed by atoms with Gasteiger partial charge in [-0.3, -0.25) is 9.59 Å². The fourth-order valence-electron chi connectivity index (χ4n) is 1.61. The summed E-state index contributed by atoms with van der Waals surface area (Å²) in [7, 11) is 0. The zero-order chi connectivity index (χ0) is 12.2. The van der Waals surface area contributed by atoms with Gasteiger partial charge in [-0.05, 0) is 12.8 Å². The van der Waals surface area contributed by atoms with E-state index in [1.54, 1.807) is 0 Å². The Kier molecular flexibility index (Phi) is 15.0. The number of carboxylic acids is 2. The summed E-state index contributed by atoms with van der Waals surface area (Å²) in [5.41, 5.74) is 0. The van der Waals surface area contributed by atoms with E-state index < -0.39 is 11.9 Å². The van der Waals surface area contributed by atoms with Gasteiger partial charge in [-0.25, -0.2) is 0 Å². The molecule has 0 bridgehead atoms. The van der Waals surface area contributed by atoms with Crippen molar-refractivity contribution in [3.63, 3.8) is 0 Å². The predicted octanol–water partition coefficient (Wildman–Crippen LogP) is 3.05. The first-order valence-corrected chi connectivity index (χ1v) is 6.06. The van der Waals surface area contributed by atoms with Gasteiger partial charge in [-0.15, -0.1) is 0 Å². The molecule has 17 heavy (non-hydrogen) atoms. The molecule has 0 heterocycles. The third kappa shape index (κ3) is 18.0. The predicted molar refractivity (Wildman–Crippen MR) is 61.4 cm³/mol. The maximum absolute atomic E-state index is 10.2. The van der Waals surface area contributed by atoms with Crippen molar-refractivity contribution < 1.29 is 36.9 Å². The van der Waals surface area contributed by atoms with Gasteiger partial charge in [0, 0.05) is 29.9 Å². The molecule has 0 saturated carbocycles. The number of aliphatic carboxylic acids is 2. The van der Waals surface area contributed by atoms with E-state index in [1.165, 1.54) is 0 Å². The van der Waals surface area contributed by atoms with Gasteiger partial charge in [0.1, 0.15) is 0 Å². The van der Waals surface area contributed by atoms with Gasteiger partial charge in [0.15, 0.2) is 0 Å². The molecule has 0 amide bonds. The Morgan fingerprint density at radius 3 is 1.06 bits per heavy atom. The standard InChI is InChI=1S/C12H22O4.Fe/c13-11(14)9-7-5-3-1-2-4-6-8-10-12(15)16;/h1-10H2,(H,13,14)(H,15,16);. The number of carboxylic acid groups (broad SMARTS) is 2. The van der Waals surface area contributed by atoms with Crippen molar-refractivity contribution in [2.24, 2.45) is 0 Å². The van der Waals surface area contributed by atoms with Crippen LogP contribution in [0.1, 0.15) is 64.2 Å². The molecule has 0 fully saturated rings. The Morgan fingerprint density at radius 2 is 0.824 bits per heavy atom. The van der Waals surface area contributed by atoms with Crippen molar-refractivity contribution in [3.05, 3.63) is 0 Å². The van der Waals surface area contributed by atoms with Crippen LogP contribution in [0.3, 0.4) is 0 Å². The molecule has 0 aliphatic heterocycles. The van der Waals surface area contributed by atoms with Gasteiger partial charge >= 0.3 is 11.9 Å². The van der Waals surface area contributed by atoms with Crippen molar-refractivity contribution in [2.45, 2.75) is 64.2 Å². The fourth-order valence-corrected chi connectivity index (χ4v) is 1.61. The van der Waals surface area contributed by atoms with E-state index in [2.05, 4.69) is 0 Å². The molecule has 0 atom stereocenters. The van der Waals surface area contributed by atoms with Crippen LogP contribution in [0.15, 0.2) is 0 Å². The first-order valence-electron chi connectivity index (χ1n) is 6.06. The molecule has 0 aromatic carbocycles. The monoisotopic (exact) mass is 286 g/mol. The summed E-state index contributed by atoms with van der Waals surface area (Å²) in [6, 6.07) is 0. The van der Waals surface area contributed by atoms with E-state index >= 15 is 0 Å². The normalized spacial score (nSPS) is 9.65. The average Bonchev–Trinajstić information content (AvgIpc) is 2.20. The Labute approximate surface area is 113 Å². The van der Waals surface area contributed by atoms with E-state index in [9.17, 15) is 9.59 Å². The molecule has 0 unspecified atom stereocenters. The molecule has 102 valence electrons. The molecular formula is C12H22FeO4. The summed E-state index contributed by atoms with van der Waals surface area (Å²) < 4.78 is 0. The quantitative estimate of drug-likeness (QED) is 0.452. The first kappa shape index (κ1) is 18.8. The molecule has 2 N–H and O–H groups in total. The molecule has 0 aliphatic rings. The SMILES string of the molecule is O=C(O)CCCCCCCCCCC(=O)O.[Fe]. The van der Waals surface area contributed by atoms with Gasteiger partial charge < -0.3 is 10.2 Å². The van der Waals surface area contributed by atoms with E-state index in [-0.39, 0.29) is 29.9 Å². The third-order valence-corrected chi connectivity index (χ3v) is 2.53. The van der Waals surface area contributed by atoms with Gasteiger partial charge in [-0.1, -0.05) is 38.5 Å². The zero-order valence-electron chi connectivity index (χ0n) is 10.1. The Morgan fingerprint density at radius 1 is 0.588 bits per heavy atom. The molecule has 4 nitrogen and oxygen atoms in total. The van der Waals surface area contributed by atoms with Crippen LogP contribution in [0, 0.1) is 0 Å². The second-order valence-electron chi connectivity index (χ2n) is 4.12. The van der Waals surface area contributed by atoms with Gasteiger partial charge in [0.2, 0.25) is 0 Å². The van der Waals surface area contributed by atoms with E-state index in [1.807, 2.05) is 0 Å². The van der Waals surface area contributed by atoms with Crippen LogP contribution >= 0.6 is 0 Å². The molecule has 0 saturated heterocycles. The number of hydrogen-bond donors (Lipinski definition) is 2. The number of carbonyl (C=O) groups is 2. The molecule has 0 aliphatic carbocycles. The minimum Gasteiger partial charge on any atom is -0.481 e. The van der Waals surface area contributed by atoms with E-state index in [0.717, 1.165) is 51.4 Å². The molecule has 0 rings (SSSR count). The van der Waals surface area contributed by atoms with Crippen molar-refractivity contribution in [2.75, 3.05) is 0 Å². The minimum absolute atomic E-state index is 0. The minimum atomic E-state index is -0.714. The van der Waals surface area contributed by atoms with Crippen molar-refractivity contribution in [1.82, 2.24) is 0 Å². The summed E-state index contributed by atoms with van der Waals surface area (Å²) in [5, 5.41) is 16.8. The maximum atomic E-state index is 10.2. The topological polar surface area (TPSA) is 74.6 Å². The Bertz CT molecular complexity index is 185. The van der Waals surface area contributed by atoms with Crippen molar-refractivity contribution >= 4 is 11.9 Å². The largest absolute Gasteiger partial charge is 0.481 e. The maximum Gasteiger partial charge on any atom is 0.303 e. The van der Waals surface area contributed by atoms with Crippen LogP contribution < -0.4 is 0 Å². The summed E-state index contributed by atoms with van der Waals surface area (Å²) in [6.07, 6.45) is 8.51. The van der Waals surface area contributed by atoms with Crippen LogP contribution in [0.2, 0.25) is 0 Å². The Balaban J connectivity index is 0. The fraction of sp³-hybridized carbons (Fsp3) is 0.833. The summed E-state index contributed by atoms with van der Waals surface area (Å²) in [6.45, 7) is 0. The number of rotatable bonds is 11. The number of unbranched alkanes of at least 4 members (excludes halogenated alkanes) is 7.